The van der Waals surface area contributed by atoms with E-state index in [4.69, 9.17) is 0 Å². The van der Waals surface area contributed by atoms with Crippen molar-refractivity contribution in [2.45, 2.75) is 11.8 Å². The number of hydrogen-bond donors (Lipinski definition) is 1. The van der Waals surface area contributed by atoms with Crippen LogP contribution in [0.25, 0.3) is 16.8 Å². The second-order valence-corrected chi connectivity index (χ2v) is 7.84. The molecule has 5 heteroatoms. The maximum Gasteiger partial charge on any atom is 0.144 e. The van der Waals surface area contributed by atoms with Gasteiger partial charge in [0.1, 0.15) is 10.7 Å². The van der Waals surface area contributed by atoms with Gasteiger partial charge in [-0.3, -0.25) is 5.10 Å². The van der Waals surface area contributed by atoms with Crippen LogP contribution in [0.15, 0.2) is 64.8 Å². The van der Waals surface area contributed by atoms with Crippen LogP contribution >= 0.6 is 22.7 Å². The van der Waals surface area contributed by atoms with Crippen molar-refractivity contribution < 1.29 is 0 Å². The molecule has 1 aromatic carbocycles. The molecular weight excluding hydrogens is 346 g/mol. The lowest BCUT2D eigenvalue weighted by Gasteiger charge is -2.33. The number of nitrogens with zero attached hydrogens (tertiary/aromatic N) is 2. The summed E-state index contributed by atoms with van der Waals surface area (Å²) in [5, 5.41) is 15.2. The van der Waals surface area contributed by atoms with Crippen molar-refractivity contribution in [2.24, 2.45) is 0 Å². The summed E-state index contributed by atoms with van der Waals surface area (Å²) in [5.41, 5.74) is 5.77. The van der Waals surface area contributed by atoms with E-state index in [9.17, 15) is 0 Å². The number of rotatable bonds is 3. The zero-order chi connectivity index (χ0) is 16.7. The van der Waals surface area contributed by atoms with Crippen LogP contribution < -0.4 is 0 Å². The number of thiazole rings is 1. The fraction of sp³-hybridized carbons (Fsp3) is 0.100. The van der Waals surface area contributed by atoms with Crippen LogP contribution in [-0.2, 0) is 11.8 Å². The molecule has 0 radical (unpaired) electrons. The van der Waals surface area contributed by atoms with Crippen molar-refractivity contribution in [2.75, 3.05) is 0 Å². The smallest absolute Gasteiger partial charge is 0.144 e. The molecule has 0 saturated carbocycles. The second-order valence-electron chi connectivity index (χ2n) is 6.16. The predicted molar refractivity (Wildman–Crippen MR) is 104 cm³/mol. The average Bonchev–Trinajstić information content (AvgIpc) is 3.42. The summed E-state index contributed by atoms with van der Waals surface area (Å²) in [7, 11) is 0. The van der Waals surface area contributed by atoms with Crippen LogP contribution in [0, 0.1) is 0 Å². The normalized spacial score (nSPS) is 19.0. The maximum atomic E-state index is 4.56. The third-order valence-corrected chi connectivity index (χ3v) is 6.30. The fourth-order valence-electron chi connectivity index (χ4n) is 3.58. The van der Waals surface area contributed by atoms with Crippen LogP contribution in [0.5, 0.6) is 0 Å². The second kappa shape index (κ2) is 5.79. The molecule has 1 aliphatic rings. The van der Waals surface area contributed by atoms with Gasteiger partial charge >= 0.3 is 0 Å². The van der Waals surface area contributed by atoms with Gasteiger partial charge in [-0.05, 0) is 28.0 Å². The molecule has 1 unspecified atom stereocenters. The van der Waals surface area contributed by atoms with Gasteiger partial charge in [-0.15, -0.1) is 11.3 Å². The minimum Gasteiger partial charge on any atom is -0.281 e. The Morgan fingerprint density at radius 3 is 2.72 bits per heavy atom. The number of aromatic nitrogens is 3. The number of benzene rings is 1. The predicted octanol–water partition coefficient (Wildman–Crippen LogP) is 5.15. The molecule has 0 aliphatic heterocycles. The summed E-state index contributed by atoms with van der Waals surface area (Å²) >= 11 is 3.36. The number of hydrogen-bond acceptors (Lipinski definition) is 4. The van der Waals surface area contributed by atoms with Gasteiger partial charge < -0.3 is 0 Å². The van der Waals surface area contributed by atoms with Gasteiger partial charge in [0, 0.05) is 34.7 Å². The van der Waals surface area contributed by atoms with E-state index in [-0.39, 0.29) is 5.41 Å². The average molecular weight is 361 g/mol. The van der Waals surface area contributed by atoms with Crippen molar-refractivity contribution in [3.8, 4) is 10.7 Å². The molecule has 0 spiro atoms. The molecule has 5 rings (SSSR count). The Bertz CT molecular complexity index is 1010. The van der Waals surface area contributed by atoms with Gasteiger partial charge in [-0.2, -0.15) is 16.4 Å². The molecule has 4 aromatic rings. The largest absolute Gasteiger partial charge is 0.281 e. The van der Waals surface area contributed by atoms with Gasteiger partial charge in [-0.1, -0.05) is 42.5 Å². The summed E-state index contributed by atoms with van der Waals surface area (Å²) in [6, 6.07) is 12.9. The van der Waals surface area contributed by atoms with Crippen LogP contribution in [0.1, 0.15) is 22.4 Å². The number of thiophene rings is 1. The summed E-state index contributed by atoms with van der Waals surface area (Å²) in [4.78, 5) is 4.42. The molecule has 3 nitrogen and oxygen atoms in total. The monoisotopic (exact) mass is 361 g/mol. The van der Waals surface area contributed by atoms with Gasteiger partial charge in [0.2, 0.25) is 0 Å². The Kier molecular flexibility index (Phi) is 3.43. The highest BCUT2D eigenvalue weighted by Gasteiger charge is 2.37. The van der Waals surface area contributed by atoms with Gasteiger partial charge in [-0.25, -0.2) is 4.98 Å². The summed E-state index contributed by atoms with van der Waals surface area (Å²) in [5.74, 6) is 0. The van der Waals surface area contributed by atoms with Crippen molar-refractivity contribution in [1.82, 2.24) is 15.2 Å². The molecule has 1 atom stereocenters. The van der Waals surface area contributed by atoms with E-state index in [0.717, 1.165) is 22.7 Å². The summed E-state index contributed by atoms with van der Waals surface area (Å²) in [6.07, 6.45) is 7.24. The zero-order valence-electron chi connectivity index (χ0n) is 13.3. The first kappa shape index (κ1) is 14.8. The molecule has 0 saturated heterocycles. The van der Waals surface area contributed by atoms with E-state index in [1.165, 1.54) is 16.8 Å². The molecule has 3 aromatic heterocycles. The highest BCUT2D eigenvalue weighted by molar-refractivity contribution is 7.13. The SMILES string of the molecule is C1=CC(c2ccccc2)(c2ccsc2)Cc2[nH]nc(-c3nccs3)c21. The zero-order valence-corrected chi connectivity index (χ0v) is 15.0. The van der Waals surface area contributed by atoms with Crippen molar-refractivity contribution >= 4 is 28.7 Å². The molecule has 1 N–H and O–H groups in total. The van der Waals surface area contributed by atoms with Crippen LogP contribution in [-0.4, -0.2) is 15.2 Å². The van der Waals surface area contributed by atoms with Crippen LogP contribution in [0.3, 0.4) is 0 Å². The Morgan fingerprint density at radius 2 is 1.96 bits per heavy atom. The van der Waals surface area contributed by atoms with E-state index in [0.29, 0.717) is 0 Å². The Labute approximate surface area is 153 Å². The fourth-order valence-corrected chi connectivity index (χ4v) is 4.96. The standard InChI is InChI=1S/C20H15N3S2/c1-2-4-14(5-3-1)20(15-7-10-24-13-15)8-6-16-17(12-20)22-23-18(16)19-21-9-11-25-19/h1-11,13H,12H2,(H,22,23). The minimum absolute atomic E-state index is 0.152. The quantitative estimate of drug-likeness (QED) is 0.548. The number of fused-ring (bicyclic) bond motifs is 1. The summed E-state index contributed by atoms with van der Waals surface area (Å²) in [6.45, 7) is 0. The van der Waals surface area contributed by atoms with E-state index in [2.05, 4.69) is 74.5 Å². The molecule has 0 fully saturated rings. The Morgan fingerprint density at radius 1 is 1.04 bits per heavy atom. The molecule has 3 heterocycles. The topological polar surface area (TPSA) is 41.6 Å². The van der Waals surface area contributed by atoms with E-state index >= 15 is 0 Å². The van der Waals surface area contributed by atoms with Crippen molar-refractivity contribution in [3.63, 3.8) is 0 Å². The first-order chi connectivity index (χ1) is 12.4. The highest BCUT2D eigenvalue weighted by Crippen LogP contribution is 2.43. The number of nitrogens with one attached hydrogen (secondary N) is 1. The van der Waals surface area contributed by atoms with Crippen LogP contribution in [0.4, 0.5) is 0 Å². The van der Waals surface area contributed by atoms with Gasteiger partial charge in [0.25, 0.3) is 0 Å². The molecule has 1 aliphatic carbocycles. The van der Waals surface area contributed by atoms with Gasteiger partial charge in [0.15, 0.2) is 0 Å². The van der Waals surface area contributed by atoms with Crippen molar-refractivity contribution in [1.29, 1.82) is 0 Å². The van der Waals surface area contributed by atoms with Crippen LogP contribution in [0.2, 0.25) is 0 Å². The lowest BCUT2D eigenvalue weighted by Crippen LogP contribution is -2.30. The van der Waals surface area contributed by atoms with E-state index < -0.39 is 0 Å². The lowest BCUT2D eigenvalue weighted by atomic mass is 9.69. The molecule has 25 heavy (non-hydrogen) atoms. The molecule has 0 bridgehead atoms. The third-order valence-electron chi connectivity index (χ3n) is 4.83. The first-order valence-electron chi connectivity index (χ1n) is 8.11. The van der Waals surface area contributed by atoms with E-state index in [1.54, 1.807) is 22.7 Å². The highest BCUT2D eigenvalue weighted by atomic mass is 32.1. The van der Waals surface area contributed by atoms with Crippen molar-refractivity contribution in [3.05, 3.63) is 87.2 Å². The first-order valence-corrected chi connectivity index (χ1v) is 9.94. The Hall–Kier alpha value is -2.50. The Balaban J connectivity index is 1.66. The molecule has 122 valence electrons. The molecular formula is C20H15N3S2. The van der Waals surface area contributed by atoms with Gasteiger partial charge in [0.05, 0.1) is 0 Å². The third kappa shape index (κ3) is 2.31. The maximum absolute atomic E-state index is 4.56. The summed E-state index contributed by atoms with van der Waals surface area (Å²) < 4.78 is 0. The lowest BCUT2D eigenvalue weighted by molar-refractivity contribution is 0.623. The minimum atomic E-state index is -0.152. The van der Waals surface area contributed by atoms with E-state index in [1.807, 2.05) is 11.6 Å². The number of allylic oxidation sites excluding steroid dienone is 1. The number of H-pyrrole nitrogens is 1. The molecule has 0 amide bonds. The number of aromatic amines is 1.